The number of fused-ring (bicyclic) bond motifs is 11. The van der Waals surface area contributed by atoms with E-state index < -0.39 is 0 Å². The maximum Gasteiger partial charge on any atom is 0.264 e. The minimum absolute atomic E-state index is 0.0341. The van der Waals surface area contributed by atoms with E-state index in [2.05, 4.69) is 220 Å². The van der Waals surface area contributed by atoms with Gasteiger partial charge >= 0.3 is 0 Å². The van der Waals surface area contributed by atoms with Crippen LogP contribution in [0.3, 0.4) is 0 Å². The van der Waals surface area contributed by atoms with E-state index in [0.717, 1.165) is 19.3 Å². The molecule has 5 aromatic carbocycles. The van der Waals surface area contributed by atoms with Gasteiger partial charge in [0.1, 0.15) is 0 Å². The van der Waals surface area contributed by atoms with Gasteiger partial charge in [-0.15, -0.1) is 0 Å². The summed E-state index contributed by atoms with van der Waals surface area (Å²) in [5, 5.41) is 0. The molecule has 1 aromatic heterocycles. The Labute approximate surface area is 435 Å². The molecule has 2 atom stereocenters. The van der Waals surface area contributed by atoms with E-state index in [1.165, 1.54) is 99.8 Å². The van der Waals surface area contributed by atoms with Gasteiger partial charge in [-0.05, 0) is 172 Å². The lowest BCUT2D eigenvalue weighted by molar-refractivity contribution is 0.311. The maximum absolute atomic E-state index is 2.90. The van der Waals surface area contributed by atoms with Crippen LogP contribution in [0.2, 0.25) is 0 Å². The molecule has 0 amide bonds. The van der Waals surface area contributed by atoms with Crippen molar-refractivity contribution in [2.45, 2.75) is 181 Å². The van der Waals surface area contributed by atoms with Gasteiger partial charge in [0.15, 0.2) is 0 Å². The molecule has 0 radical (unpaired) electrons. The Bertz CT molecular complexity index is 3430. The molecule has 0 N–H and O–H groups in total. The molecule has 5 heteroatoms. The van der Waals surface area contributed by atoms with Gasteiger partial charge in [-0.2, -0.15) is 11.3 Å². The van der Waals surface area contributed by atoms with Gasteiger partial charge in [-0.25, -0.2) is 0 Å². The molecule has 4 aliphatic carbocycles. The summed E-state index contributed by atoms with van der Waals surface area (Å²) in [7, 11) is 0. The van der Waals surface area contributed by atoms with Crippen LogP contribution >= 0.6 is 11.3 Å². The largest absolute Gasteiger partial charge is 0.314 e. The number of benzene rings is 5. The number of aryl methyl sites for hydroxylation is 1. The minimum Gasteiger partial charge on any atom is -0.314 e. The molecule has 72 heavy (non-hydrogen) atoms. The summed E-state index contributed by atoms with van der Waals surface area (Å²) >= 11 is 2.19. The number of rotatable bonds is 3. The predicted octanol–water partition coefficient (Wildman–Crippen LogP) is 16.7. The maximum atomic E-state index is 2.90. The van der Waals surface area contributed by atoms with Gasteiger partial charge in [0.05, 0.1) is 17.1 Å². The van der Waals surface area contributed by atoms with E-state index in [1.54, 1.807) is 54.2 Å². The zero-order chi connectivity index (χ0) is 50.2. The molecule has 0 bridgehead atoms. The molecular weight excluding hydrogens is 890 g/mol. The third-order valence-corrected chi connectivity index (χ3v) is 22.0. The standard InChI is InChI=1S/C67H74BN3S/c1-39-35-46-51(64(9,10)30-29-63(46,7)8)53-56(39)71-50-38-43(69(41-21-17-15-18-22-41)42-23-19-16-20-24-42)37-49-55(50)68(47-27-26-44-52(57(47)71)67(53,14)34-31-62(44,5)6)60-58-54-59(72-60)65(11,12)32-33-66(54,13)45-36-40(61(2,3)4)25-28-48(45)70(49)58/h15-24,26-27,35-38H,25,28-34H2,1-14H3. The van der Waals surface area contributed by atoms with Gasteiger partial charge in [-0.1, -0.05) is 156 Å². The van der Waals surface area contributed by atoms with Crippen molar-refractivity contribution < 1.29 is 0 Å². The molecule has 2 unspecified atom stereocenters. The number of hydrogen-bond donors (Lipinski definition) is 0. The predicted molar refractivity (Wildman–Crippen MR) is 309 cm³/mol. The number of thiophene rings is 1. The van der Waals surface area contributed by atoms with Crippen molar-refractivity contribution in [2.24, 2.45) is 5.41 Å². The zero-order valence-corrected chi connectivity index (χ0v) is 46.5. The first-order valence-corrected chi connectivity index (χ1v) is 28.5. The second-order valence-electron chi connectivity index (χ2n) is 27.8. The van der Waals surface area contributed by atoms with E-state index in [9.17, 15) is 0 Å². The SMILES string of the molecule is Cc1cc2c(c3c1N1c4cc(N(c5ccccc5)c5ccccc5)cc5c4B(c4ccc6c(c41)C3(C)CCC6(C)C)c1sc3c4c1N5C1=C(C=C(C(C)(C)C)CC1)C4(C)CCC3(C)C)C(C)(C)CCC2(C)C. The van der Waals surface area contributed by atoms with Crippen LogP contribution in [0.15, 0.2) is 114 Å². The van der Waals surface area contributed by atoms with Gasteiger partial charge in [0.2, 0.25) is 0 Å². The summed E-state index contributed by atoms with van der Waals surface area (Å²) in [6, 6.07) is 35.6. The highest BCUT2D eigenvalue weighted by atomic mass is 32.1. The van der Waals surface area contributed by atoms with Crippen LogP contribution < -0.4 is 30.4 Å². The summed E-state index contributed by atoms with van der Waals surface area (Å²) in [6.07, 6.45) is 11.9. The molecule has 14 rings (SSSR count). The topological polar surface area (TPSA) is 9.72 Å². The van der Waals surface area contributed by atoms with Gasteiger partial charge in [0.25, 0.3) is 6.71 Å². The smallest absolute Gasteiger partial charge is 0.264 e. The fourth-order valence-electron chi connectivity index (χ4n) is 16.2. The summed E-state index contributed by atoms with van der Waals surface area (Å²) in [5.41, 5.74) is 29.7. The van der Waals surface area contributed by atoms with Crippen LogP contribution in [0.5, 0.6) is 0 Å². The second kappa shape index (κ2) is 14.1. The Kier molecular flexibility index (Phi) is 8.89. The highest BCUT2D eigenvalue weighted by Gasteiger charge is 2.60. The average molecular weight is 964 g/mol. The summed E-state index contributed by atoms with van der Waals surface area (Å²) in [6.45, 7) is 35.7. The third kappa shape index (κ3) is 5.65. The van der Waals surface area contributed by atoms with Gasteiger partial charge in [-0.3, -0.25) is 0 Å². The molecule has 0 fully saturated rings. The fraction of sp³-hybridized carbons (Fsp3) is 0.433. The Morgan fingerprint density at radius 3 is 1.81 bits per heavy atom. The van der Waals surface area contributed by atoms with E-state index in [1.807, 2.05) is 0 Å². The van der Waals surface area contributed by atoms with Gasteiger partial charge < -0.3 is 14.7 Å². The van der Waals surface area contributed by atoms with E-state index in [4.69, 9.17) is 0 Å². The number of hydrogen-bond acceptors (Lipinski definition) is 4. The first-order valence-electron chi connectivity index (χ1n) is 27.7. The lowest BCUT2D eigenvalue weighted by atomic mass is 9.34. The third-order valence-electron chi connectivity index (χ3n) is 20.4. The van der Waals surface area contributed by atoms with Gasteiger partial charge in [0, 0.05) is 60.2 Å². The first kappa shape index (κ1) is 45.4. The number of para-hydroxylation sites is 2. The summed E-state index contributed by atoms with van der Waals surface area (Å²) in [5.74, 6) is 0. The molecule has 0 saturated carbocycles. The molecule has 6 aromatic rings. The van der Waals surface area contributed by atoms with Crippen molar-refractivity contribution in [2.75, 3.05) is 14.7 Å². The molecule has 5 heterocycles. The second-order valence-corrected chi connectivity index (χ2v) is 28.8. The summed E-state index contributed by atoms with van der Waals surface area (Å²) in [4.78, 5) is 9.96. The Morgan fingerprint density at radius 1 is 0.542 bits per heavy atom. The summed E-state index contributed by atoms with van der Waals surface area (Å²) < 4.78 is 1.58. The van der Waals surface area contributed by atoms with Crippen molar-refractivity contribution in [1.82, 2.24) is 0 Å². The molecule has 4 aliphatic heterocycles. The van der Waals surface area contributed by atoms with Crippen molar-refractivity contribution >= 4 is 79.3 Å². The van der Waals surface area contributed by atoms with Crippen LogP contribution in [0.25, 0.3) is 0 Å². The lowest BCUT2D eigenvalue weighted by Gasteiger charge is -2.57. The van der Waals surface area contributed by atoms with Crippen LogP contribution in [-0.4, -0.2) is 6.71 Å². The van der Waals surface area contributed by atoms with Crippen molar-refractivity contribution in [3.8, 4) is 0 Å². The Balaban J connectivity index is 1.18. The van der Waals surface area contributed by atoms with E-state index in [-0.39, 0.29) is 44.6 Å². The van der Waals surface area contributed by atoms with Crippen LogP contribution in [-0.2, 0) is 32.5 Å². The lowest BCUT2D eigenvalue weighted by Crippen LogP contribution is -2.63. The van der Waals surface area contributed by atoms with Crippen LogP contribution in [0.1, 0.15) is 185 Å². The van der Waals surface area contributed by atoms with Crippen LogP contribution in [0.4, 0.5) is 45.5 Å². The molecule has 8 aliphatic rings. The van der Waals surface area contributed by atoms with Crippen molar-refractivity contribution in [1.29, 1.82) is 0 Å². The first-order chi connectivity index (χ1) is 34.0. The quantitative estimate of drug-likeness (QED) is 0.163. The average Bonchev–Trinajstić information content (AvgIpc) is 3.76. The molecule has 0 saturated heterocycles. The van der Waals surface area contributed by atoms with Crippen molar-refractivity contribution in [3.63, 3.8) is 0 Å². The number of allylic oxidation sites excluding steroid dienone is 4. The van der Waals surface area contributed by atoms with Crippen LogP contribution in [0, 0.1) is 12.3 Å². The fourth-order valence-corrected chi connectivity index (χ4v) is 17.8. The highest BCUT2D eigenvalue weighted by Crippen LogP contribution is 2.67. The minimum atomic E-state index is -0.149. The Morgan fingerprint density at radius 2 is 1.14 bits per heavy atom. The molecular formula is C67H74BN3S. The Hall–Kier alpha value is -5.26. The monoisotopic (exact) mass is 964 g/mol. The number of nitrogens with zero attached hydrogens (tertiary/aromatic N) is 3. The number of anilines is 8. The van der Waals surface area contributed by atoms with E-state index >= 15 is 0 Å². The normalized spacial score (nSPS) is 24.6. The van der Waals surface area contributed by atoms with Crippen molar-refractivity contribution in [3.05, 3.63) is 158 Å². The zero-order valence-electron chi connectivity index (χ0n) is 45.7. The van der Waals surface area contributed by atoms with E-state index in [0.29, 0.717) is 0 Å². The molecule has 0 spiro atoms. The molecule has 366 valence electrons. The molecule has 3 nitrogen and oxygen atoms in total. The highest BCUT2D eigenvalue weighted by molar-refractivity contribution is 7.29.